The van der Waals surface area contributed by atoms with E-state index in [2.05, 4.69) is 10.6 Å². The number of hydrogen-bond acceptors (Lipinski definition) is 4. The smallest absolute Gasteiger partial charge is 0.222 e. The van der Waals surface area contributed by atoms with Gasteiger partial charge in [-0.05, 0) is 17.9 Å². The zero-order chi connectivity index (χ0) is 13.4. The lowest BCUT2D eigenvalue weighted by atomic mass is 10.1. The molecule has 5 nitrogen and oxygen atoms in total. The lowest BCUT2D eigenvalue weighted by Crippen LogP contribution is -2.32. The van der Waals surface area contributed by atoms with Crippen LogP contribution in [0.4, 0.5) is 0 Å². The molecule has 0 spiro atoms. The fraction of sp³-hybridized carbons (Fsp3) is 0.500. The third kappa shape index (κ3) is 5.29. The second-order valence-electron chi connectivity index (χ2n) is 3.90. The summed E-state index contributed by atoms with van der Waals surface area (Å²) >= 11 is 1.51. The molecular formula is C12H18N2O3S. The second kappa shape index (κ2) is 7.84. The first kappa shape index (κ1) is 14.7. The van der Waals surface area contributed by atoms with Crippen molar-refractivity contribution < 1.29 is 14.7 Å². The van der Waals surface area contributed by atoms with Crippen molar-refractivity contribution in [3.8, 4) is 0 Å². The molecule has 0 saturated carbocycles. The monoisotopic (exact) mass is 270 g/mol. The summed E-state index contributed by atoms with van der Waals surface area (Å²) in [6.07, 6.45) is 0.751. The summed E-state index contributed by atoms with van der Waals surface area (Å²) < 4.78 is 0. The van der Waals surface area contributed by atoms with Gasteiger partial charge in [0.15, 0.2) is 0 Å². The zero-order valence-electron chi connectivity index (χ0n) is 10.3. The molecule has 0 aliphatic rings. The van der Waals surface area contributed by atoms with E-state index in [4.69, 9.17) is 5.11 Å². The van der Waals surface area contributed by atoms with E-state index in [0.717, 1.165) is 4.88 Å². The van der Waals surface area contributed by atoms with Crippen molar-refractivity contribution >= 4 is 23.2 Å². The first-order valence-electron chi connectivity index (χ1n) is 5.81. The number of hydrogen-bond donors (Lipinski definition) is 3. The molecule has 1 heterocycles. The minimum Gasteiger partial charge on any atom is -0.396 e. The Morgan fingerprint density at radius 1 is 1.50 bits per heavy atom. The molecule has 0 bridgehead atoms. The molecule has 0 aliphatic carbocycles. The van der Waals surface area contributed by atoms with Crippen molar-refractivity contribution in [3.05, 3.63) is 22.4 Å². The lowest BCUT2D eigenvalue weighted by Gasteiger charge is -2.16. The van der Waals surface area contributed by atoms with Crippen LogP contribution in [0.1, 0.15) is 30.7 Å². The highest BCUT2D eigenvalue weighted by Crippen LogP contribution is 2.21. The van der Waals surface area contributed by atoms with E-state index in [-0.39, 0.29) is 30.9 Å². The lowest BCUT2D eigenvalue weighted by molar-refractivity contribution is -0.122. The van der Waals surface area contributed by atoms with Gasteiger partial charge in [-0.1, -0.05) is 6.07 Å². The summed E-state index contributed by atoms with van der Waals surface area (Å²) in [5.74, 6) is -0.285. The number of carbonyl (C=O) groups is 2. The second-order valence-corrected chi connectivity index (χ2v) is 4.88. The molecule has 18 heavy (non-hydrogen) atoms. The third-order valence-electron chi connectivity index (χ3n) is 2.31. The van der Waals surface area contributed by atoms with Crippen LogP contribution >= 0.6 is 11.3 Å². The maximum Gasteiger partial charge on any atom is 0.222 e. The number of thiophene rings is 1. The van der Waals surface area contributed by atoms with Gasteiger partial charge in [-0.25, -0.2) is 0 Å². The van der Waals surface area contributed by atoms with Crippen LogP contribution in [0.15, 0.2) is 17.5 Å². The third-order valence-corrected chi connectivity index (χ3v) is 3.30. The minimum atomic E-state index is -0.281. The molecule has 3 N–H and O–H groups in total. The van der Waals surface area contributed by atoms with Crippen LogP contribution in [0.5, 0.6) is 0 Å². The first-order chi connectivity index (χ1) is 8.63. The van der Waals surface area contributed by atoms with Gasteiger partial charge in [0.1, 0.15) is 0 Å². The van der Waals surface area contributed by atoms with Crippen LogP contribution in [-0.4, -0.2) is 30.1 Å². The Kier molecular flexibility index (Phi) is 6.38. The molecule has 0 radical (unpaired) electrons. The van der Waals surface area contributed by atoms with E-state index in [0.29, 0.717) is 13.0 Å². The van der Waals surface area contributed by atoms with Gasteiger partial charge in [-0.2, -0.15) is 0 Å². The van der Waals surface area contributed by atoms with Gasteiger partial charge in [-0.3, -0.25) is 9.59 Å². The minimum absolute atomic E-state index is 0.0559. The highest BCUT2D eigenvalue weighted by molar-refractivity contribution is 7.10. The Morgan fingerprint density at radius 3 is 2.83 bits per heavy atom. The number of aliphatic hydroxyl groups excluding tert-OH is 1. The van der Waals surface area contributed by atoms with Gasteiger partial charge in [-0.15, -0.1) is 11.3 Å². The Balaban J connectivity index is 2.51. The van der Waals surface area contributed by atoms with Crippen molar-refractivity contribution in [1.82, 2.24) is 10.6 Å². The number of rotatable bonds is 7. The van der Waals surface area contributed by atoms with Crippen LogP contribution in [0, 0.1) is 0 Å². The average molecular weight is 270 g/mol. The summed E-state index contributed by atoms with van der Waals surface area (Å²) in [5.41, 5.74) is 0. The Bertz CT molecular complexity index is 379. The Morgan fingerprint density at radius 2 is 2.28 bits per heavy atom. The largest absolute Gasteiger partial charge is 0.396 e. The van der Waals surface area contributed by atoms with E-state index < -0.39 is 0 Å². The van der Waals surface area contributed by atoms with Crippen molar-refractivity contribution in [2.45, 2.75) is 25.8 Å². The van der Waals surface area contributed by atoms with Gasteiger partial charge in [0.05, 0.1) is 12.5 Å². The highest BCUT2D eigenvalue weighted by atomic mass is 32.1. The van der Waals surface area contributed by atoms with Crippen LogP contribution in [-0.2, 0) is 9.59 Å². The standard InChI is InChI=1S/C12H18N2O3S/c1-9(16)14-10(11-4-2-7-18-11)8-12(17)13-5-3-6-15/h2,4,7,10,15H,3,5-6,8H2,1H3,(H,13,17)(H,14,16). The molecule has 0 aliphatic heterocycles. The van der Waals surface area contributed by atoms with Crippen molar-refractivity contribution in [2.24, 2.45) is 0 Å². The molecule has 0 aromatic carbocycles. The van der Waals surface area contributed by atoms with Crippen LogP contribution in [0.3, 0.4) is 0 Å². The molecule has 1 atom stereocenters. The van der Waals surface area contributed by atoms with Gasteiger partial charge in [0.2, 0.25) is 11.8 Å². The highest BCUT2D eigenvalue weighted by Gasteiger charge is 2.17. The zero-order valence-corrected chi connectivity index (χ0v) is 11.1. The van der Waals surface area contributed by atoms with Crippen molar-refractivity contribution in [2.75, 3.05) is 13.2 Å². The average Bonchev–Trinajstić information content (AvgIpc) is 2.81. The Hall–Kier alpha value is -1.40. The normalized spacial score (nSPS) is 11.9. The summed E-state index contributed by atoms with van der Waals surface area (Å²) in [4.78, 5) is 23.7. The summed E-state index contributed by atoms with van der Waals surface area (Å²) in [7, 11) is 0. The fourth-order valence-corrected chi connectivity index (χ4v) is 2.30. The van der Waals surface area contributed by atoms with Gasteiger partial charge in [0, 0.05) is 25.0 Å². The first-order valence-corrected chi connectivity index (χ1v) is 6.69. The summed E-state index contributed by atoms with van der Waals surface area (Å²) in [5, 5.41) is 16.0. The van der Waals surface area contributed by atoms with Gasteiger partial charge < -0.3 is 15.7 Å². The molecule has 0 saturated heterocycles. The maximum atomic E-state index is 11.7. The molecule has 100 valence electrons. The summed E-state index contributed by atoms with van der Waals surface area (Å²) in [6.45, 7) is 1.94. The quantitative estimate of drug-likeness (QED) is 0.642. The molecule has 0 fully saturated rings. The SMILES string of the molecule is CC(=O)NC(CC(=O)NCCCO)c1cccs1. The Labute approximate surface area is 110 Å². The number of nitrogens with one attached hydrogen (secondary N) is 2. The predicted molar refractivity (Wildman–Crippen MR) is 70.2 cm³/mol. The van der Waals surface area contributed by atoms with E-state index in [9.17, 15) is 9.59 Å². The topological polar surface area (TPSA) is 78.4 Å². The van der Waals surface area contributed by atoms with E-state index in [1.54, 1.807) is 0 Å². The van der Waals surface area contributed by atoms with Gasteiger partial charge in [0.25, 0.3) is 0 Å². The van der Waals surface area contributed by atoms with Crippen LogP contribution in [0.25, 0.3) is 0 Å². The molecule has 1 unspecified atom stereocenters. The maximum absolute atomic E-state index is 11.7. The van der Waals surface area contributed by atoms with Crippen LogP contribution in [0.2, 0.25) is 0 Å². The van der Waals surface area contributed by atoms with Crippen LogP contribution < -0.4 is 10.6 Å². The van der Waals surface area contributed by atoms with Crippen molar-refractivity contribution in [3.63, 3.8) is 0 Å². The van der Waals surface area contributed by atoms with E-state index >= 15 is 0 Å². The van der Waals surface area contributed by atoms with Crippen molar-refractivity contribution in [1.29, 1.82) is 0 Å². The molecule has 6 heteroatoms. The fourth-order valence-electron chi connectivity index (χ4n) is 1.52. The molecule has 1 aromatic rings. The van der Waals surface area contributed by atoms with Gasteiger partial charge >= 0.3 is 0 Å². The molecule has 1 rings (SSSR count). The molecule has 1 aromatic heterocycles. The molecular weight excluding hydrogens is 252 g/mol. The van der Waals surface area contributed by atoms with E-state index in [1.165, 1.54) is 18.3 Å². The summed E-state index contributed by atoms with van der Waals surface area (Å²) in [6, 6.07) is 3.50. The number of carbonyl (C=O) groups excluding carboxylic acids is 2. The number of amides is 2. The predicted octanol–water partition coefficient (Wildman–Crippen LogP) is 0.814. The number of aliphatic hydroxyl groups is 1. The van der Waals surface area contributed by atoms with E-state index in [1.807, 2.05) is 17.5 Å². The molecule has 2 amide bonds.